The van der Waals surface area contributed by atoms with Crippen molar-refractivity contribution >= 4 is 23.2 Å². The SMILES string of the molecule is O=C(CCC(=O)N1CCNC[C@H]1Cc1ccccc1)N(c1ccccc1)c1ccccc1. The molecule has 1 aliphatic rings. The third-order valence-corrected chi connectivity index (χ3v) is 5.82. The summed E-state index contributed by atoms with van der Waals surface area (Å²) in [6, 6.07) is 29.5. The van der Waals surface area contributed by atoms with Gasteiger partial charge in [0.25, 0.3) is 0 Å². The lowest BCUT2D eigenvalue weighted by Gasteiger charge is -2.36. The Morgan fingerprint density at radius 3 is 1.97 bits per heavy atom. The van der Waals surface area contributed by atoms with Gasteiger partial charge in [-0.2, -0.15) is 0 Å². The fourth-order valence-corrected chi connectivity index (χ4v) is 4.22. The van der Waals surface area contributed by atoms with E-state index >= 15 is 0 Å². The fourth-order valence-electron chi connectivity index (χ4n) is 4.22. The van der Waals surface area contributed by atoms with Crippen molar-refractivity contribution in [3.05, 3.63) is 96.6 Å². The first kappa shape index (κ1) is 21.8. The van der Waals surface area contributed by atoms with E-state index in [0.29, 0.717) is 6.54 Å². The van der Waals surface area contributed by atoms with Gasteiger partial charge in [-0.25, -0.2) is 0 Å². The van der Waals surface area contributed by atoms with Crippen molar-refractivity contribution in [1.82, 2.24) is 10.2 Å². The molecule has 0 radical (unpaired) electrons. The number of amides is 2. The summed E-state index contributed by atoms with van der Waals surface area (Å²) in [4.78, 5) is 30.0. The number of nitrogens with zero attached hydrogens (tertiary/aromatic N) is 2. The molecule has 0 spiro atoms. The summed E-state index contributed by atoms with van der Waals surface area (Å²) in [6.45, 7) is 2.23. The summed E-state index contributed by atoms with van der Waals surface area (Å²) in [6.07, 6.45) is 1.19. The van der Waals surface area contributed by atoms with Crippen LogP contribution in [-0.4, -0.2) is 42.4 Å². The van der Waals surface area contributed by atoms with Gasteiger partial charge in [-0.15, -0.1) is 0 Å². The number of para-hydroxylation sites is 2. The first-order valence-electron chi connectivity index (χ1n) is 11.2. The molecule has 1 heterocycles. The molecule has 5 heteroatoms. The topological polar surface area (TPSA) is 52.7 Å². The van der Waals surface area contributed by atoms with E-state index in [1.54, 1.807) is 4.90 Å². The zero-order valence-electron chi connectivity index (χ0n) is 18.2. The van der Waals surface area contributed by atoms with E-state index < -0.39 is 0 Å². The maximum atomic E-state index is 13.2. The average molecular weight is 428 g/mol. The Hall–Kier alpha value is -3.44. The molecule has 5 nitrogen and oxygen atoms in total. The molecule has 4 rings (SSSR count). The summed E-state index contributed by atoms with van der Waals surface area (Å²) in [5.41, 5.74) is 2.83. The first-order chi connectivity index (χ1) is 15.7. The van der Waals surface area contributed by atoms with Crippen LogP contribution in [-0.2, 0) is 16.0 Å². The summed E-state index contributed by atoms with van der Waals surface area (Å²) in [5.74, 6) is -0.0349. The standard InChI is InChI=1S/C27H29N3O2/c31-26(29-19-18-28-21-25(29)20-22-10-4-1-5-11-22)16-17-27(32)30(23-12-6-2-7-13-23)24-14-8-3-9-15-24/h1-15,25,28H,16-21H2/t25-/m1/s1. The first-order valence-corrected chi connectivity index (χ1v) is 11.2. The zero-order valence-corrected chi connectivity index (χ0v) is 18.2. The van der Waals surface area contributed by atoms with Crippen molar-refractivity contribution in [1.29, 1.82) is 0 Å². The molecule has 0 bridgehead atoms. The Balaban J connectivity index is 1.43. The van der Waals surface area contributed by atoms with Gasteiger partial charge in [0.1, 0.15) is 0 Å². The number of piperazine rings is 1. The maximum absolute atomic E-state index is 13.2. The van der Waals surface area contributed by atoms with Gasteiger partial charge in [-0.1, -0.05) is 66.7 Å². The van der Waals surface area contributed by atoms with Crippen molar-refractivity contribution in [2.45, 2.75) is 25.3 Å². The maximum Gasteiger partial charge on any atom is 0.232 e. The van der Waals surface area contributed by atoms with E-state index in [2.05, 4.69) is 17.4 Å². The molecule has 0 unspecified atom stereocenters. The molecule has 164 valence electrons. The van der Waals surface area contributed by atoms with Gasteiger partial charge in [-0.05, 0) is 36.2 Å². The molecular weight excluding hydrogens is 398 g/mol. The van der Waals surface area contributed by atoms with Crippen molar-refractivity contribution in [2.24, 2.45) is 0 Å². The monoisotopic (exact) mass is 427 g/mol. The molecule has 0 aromatic heterocycles. The second-order valence-corrected chi connectivity index (χ2v) is 8.04. The van der Waals surface area contributed by atoms with Crippen LogP contribution in [0.1, 0.15) is 18.4 Å². The Bertz CT molecular complexity index is 969. The third kappa shape index (κ3) is 5.42. The molecule has 1 N–H and O–H groups in total. The Morgan fingerprint density at radius 1 is 0.812 bits per heavy atom. The minimum Gasteiger partial charge on any atom is -0.337 e. The predicted molar refractivity (Wildman–Crippen MR) is 128 cm³/mol. The van der Waals surface area contributed by atoms with Crippen LogP contribution in [0.5, 0.6) is 0 Å². The minimum atomic E-state index is -0.0782. The second kappa shape index (κ2) is 10.7. The van der Waals surface area contributed by atoms with E-state index in [1.807, 2.05) is 83.8 Å². The van der Waals surface area contributed by atoms with Gasteiger partial charge in [0.15, 0.2) is 0 Å². The summed E-state index contributed by atoms with van der Waals surface area (Å²) < 4.78 is 0. The van der Waals surface area contributed by atoms with Crippen LogP contribution in [0.2, 0.25) is 0 Å². The highest BCUT2D eigenvalue weighted by molar-refractivity contribution is 6.01. The Labute approximate surface area is 189 Å². The highest BCUT2D eigenvalue weighted by atomic mass is 16.2. The number of carbonyl (C=O) groups is 2. The zero-order chi connectivity index (χ0) is 22.2. The quantitative estimate of drug-likeness (QED) is 0.616. The number of hydrogen-bond acceptors (Lipinski definition) is 3. The molecule has 1 saturated heterocycles. The van der Waals surface area contributed by atoms with Gasteiger partial charge >= 0.3 is 0 Å². The molecule has 1 atom stereocenters. The highest BCUT2D eigenvalue weighted by Crippen LogP contribution is 2.26. The summed E-state index contributed by atoms with van der Waals surface area (Å²) >= 11 is 0. The van der Waals surface area contributed by atoms with Crippen LogP contribution in [0, 0.1) is 0 Å². The molecule has 1 fully saturated rings. The minimum absolute atomic E-state index is 0.0434. The molecular formula is C27H29N3O2. The molecule has 1 aliphatic heterocycles. The molecule has 0 saturated carbocycles. The van der Waals surface area contributed by atoms with Gasteiger partial charge in [0.2, 0.25) is 11.8 Å². The van der Waals surface area contributed by atoms with E-state index in [0.717, 1.165) is 30.9 Å². The van der Waals surface area contributed by atoms with Crippen molar-refractivity contribution in [2.75, 3.05) is 24.5 Å². The van der Waals surface area contributed by atoms with Gasteiger partial charge < -0.3 is 10.2 Å². The second-order valence-electron chi connectivity index (χ2n) is 8.04. The van der Waals surface area contributed by atoms with Gasteiger partial charge in [0, 0.05) is 49.9 Å². The highest BCUT2D eigenvalue weighted by Gasteiger charge is 2.27. The summed E-state index contributed by atoms with van der Waals surface area (Å²) in [7, 11) is 0. The average Bonchev–Trinajstić information content (AvgIpc) is 2.85. The van der Waals surface area contributed by atoms with Gasteiger partial charge in [-0.3, -0.25) is 14.5 Å². The van der Waals surface area contributed by atoms with E-state index in [9.17, 15) is 9.59 Å². The fraction of sp³-hybridized carbons (Fsp3) is 0.259. The van der Waals surface area contributed by atoms with Crippen LogP contribution >= 0.6 is 0 Å². The third-order valence-electron chi connectivity index (χ3n) is 5.82. The lowest BCUT2D eigenvalue weighted by atomic mass is 10.0. The number of carbonyl (C=O) groups excluding carboxylic acids is 2. The van der Waals surface area contributed by atoms with Crippen molar-refractivity contribution < 1.29 is 9.59 Å². The lowest BCUT2D eigenvalue weighted by Crippen LogP contribution is -2.54. The number of nitrogens with one attached hydrogen (secondary N) is 1. The van der Waals surface area contributed by atoms with E-state index in [4.69, 9.17) is 0 Å². The van der Waals surface area contributed by atoms with Crippen molar-refractivity contribution in [3.63, 3.8) is 0 Å². The van der Waals surface area contributed by atoms with Crippen LogP contribution in [0.4, 0.5) is 11.4 Å². The van der Waals surface area contributed by atoms with E-state index in [1.165, 1.54) is 5.56 Å². The number of benzene rings is 3. The number of hydrogen-bond donors (Lipinski definition) is 1. The largest absolute Gasteiger partial charge is 0.337 e. The molecule has 2 amide bonds. The molecule has 32 heavy (non-hydrogen) atoms. The molecule has 3 aromatic carbocycles. The predicted octanol–water partition coefficient (Wildman–Crippen LogP) is 4.17. The smallest absolute Gasteiger partial charge is 0.232 e. The molecule has 3 aromatic rings. The Kier molecular flexibility index (Phi) is 7.31. The van der Waals surface area contributed by atoms with E-state index in [-0.39, 0.29) is 30.7 Å². The van der Waals surface area contributed by atoms with Crippen LogP contribution < -0.4 is 10.2 Å². The Morgan fingerprint density at radius 2 is 1.38 bits per heavy atom. The van der Waals surface area contributed by atoms with Crippen LogP contribution in [0.25, 0.3) is 0 Å². The lowest BCUT2D eigenvalue weighted by molar-refractivity contribution is -0.135. The van der Waals surface area contributed by atoms with Gasteiger partial charge in [0.05, 0.1) is 0 Å². The summed E-state index contributed by atoms with van der Waals surface area (Å²) in [5, 5.41) is 3.40. The molecule has 0 aliphatic carbocycles. The van der Waals surface area contributed by atoms with Crippen molar-refractivity contribution in [3.8, 4) is 0 Å². The normalized spacial score (nSPS) is 15.9. The van der Waals surface area contributed by atoms with Crippen LogP contribution in [0.3, 0.4) is 0 Å². The number of anilines is 2. The number of rotatable bonds is 7. The van der Waals surface area contributed by atoms with Crippen LogP contribution in [0.15, 0.2) is 91.0 Å².